The molecular weight excluding hydrogens is 374 g/mol. The maximum absolute atomic E-state index is 12.7. The fourth-order valence-electron chi connectivity index (χ4n) is 3.23. The van der Waals surface area contributed by atoms with Crippen LogP contribution in [0.15, 0.2) is 59.6 Å². The number of amides is 1. The molecule has 7 heteroatoms. The zero-order chi connectivity index (χ0) is 20.1. The van der Waals surface area contributed by atoms with Crippen LogP contribution < -0.4 is 4.72 Å². The van der Waals surface area contributed by atoms with Crippen LogP contribution in [0, 0.1) is 0 Å². The van der Waals surface area contributed by atoms with E-state index in [1.807, 2.05) is 44.3 Å². The van der Waals surface area contributed by atoms with E-state index in [4.69, 9.17) is 0 Å². The van der Waals surface area contributed by atoms with Gasteiger partial charge in [0.15, 0.2) is 0 Å². The van der Waals surface area contributed by atoms with Gasteiger partial charge in [0.25, 0.3) is 5.91 Å². The normalized spacial score (nSPS) is 11.6. The first-order valence-electron chi connectivity index (χ1n) is 9.40. The fraction of sp³-hybridized carbons (Fsp3) is 0.286. The number of nitrogens with one attached hydrogen (secondary N) is 2. The molecule has 0 radical (unpaired) electrons. The van der Waals surface area contributed by atoms with E-state index in [1.165, 1.54) is 12.1 Å². The van der Waals surface area contributed by atoms with Crippen LogP contribution in [0.1, 0.15) is 29.8 Å². The molecule has 1 heterocycles. The Morgan fingerprint density at radius 2 is 1.82 bits per heavy atom. The molecule has 2 aromatic carbocycles. The number of carbonyl (C=O) groups excluding carboxylic acids is 1. The van der Waals surface area contributed by atoms with E-state index in [9.17, 15) is 13.2 Å². The number of rotatable bonds is 8. The van der Waals surface area contributed by atoms with Crippen LogP contribution in [-0.4, -0.2) is 43.8 Å². The molecule has 0 aliphatic heterocycles. The number of nitrogens with zero attached hydrogens (tertiary/aromatic N) is 1. The van der Waals surface area contributed by atoms with Crippen LogP contribution in [0.5, 0.6) is 0 Å². The summed E-state index contributed by atoms with van der Waals surface area (Å²) in [5, 5.41) is 1.09. The fourth-order valence-corrected chi connectivity index (χ4v) is 4.31. The molecular formula is C21H25N3O3S. The van der Waals surface area contributed by atoms with Crippen molar-refractivity contribution in [2.24, 2.45) is 0 Å². The van der Waals surface area contributed by atoms with Crippen molar-refractivity contribution in [3.05, 3.63) is 65.9 Å². The molecule has 0 bridgehead atoms. The summed E-state index contributed by atoms with van der Waals surface area (Å²) in [5.41, 5.74) is 2.47. The number of para-hydroxylation sites is 1. The number of benzene rings is 2. The second-order valence-corrected chi connectivity index (χ2v) is 8.28. The van der Waals surface area contributed by atoms with Gasteiger partial charge in [0, 0.05) is 42.3 Å². The van der Waals surface area contributed by atoms with Crippen molar-refractivity contribution in [1.29, 1.82) is 0 Å². The highest BCUT2D eigenvalue weighted by atomic mass is 32.2. The molecule has 0 fully saturated rings. The first kappa shape index (κ1) is 20.1. The summed E-state index contributed by atoms with van der Waals surface area (Å²) in [4.78, 5) is 17.4. The van der Waals surface area contributed by atoms with E-state index in [-0.39, 0.29) is 17.3 Å². The highest BCUT2D eigenvalue weighted by molar-refractivity contribution is 7.89. The molecule has 0 aliphatic carbocycles. The largest absolute Gasteiger partial charge is 0.361 e. The Hall–Kier alpha value is -2.64. The third kappa shape index (κ3) is 4.26. The number of aromatic amines is 1. The van der Waals surface area contributed by atoms with Crippen molar-refractivity contribution in [3.63, 3.8) is 0 Å². The van der Waals surface area contributed by atoms with Crippen molar-refractivity contribution in [1.82, 2.24) is 14.6 Å². The predicted octanol–water partition coefficient (Wildman–Crippen LogP) is 3.17. The third-order valence-electron chi connectivity index (χ3n) is 4.80. The van der Waals surface area contributed by atoms with Gasteiger partial charge in [-0.3, -0.25) is 4.79 Å². The molecule has 2 N–H and O–H groups in total. The molecule has 0 saturated heterocycles. The number of sulfonamides is 1. The number of aromatic nitrogens is 1. The van der Waals surface area contributed by atoms with Crippen molar-refractivity contribution in [2.75, 3.05) is 19.6 Å². The molecule has 0 unspecified atom stereocenters. The van der Waals surface area contributed by atoms with Gasteiger partial charge < -0.3 is 9.88 Å². The summed E-state index contributed by atoms with van der Waals surface area (Å²) in [6.07, 6.45) is 2.48. The topological polar surface area (TPSA) is 82.3 Å². The lowest BCUT2D eigenvalue weighted by Crippen LogP contribution is -2.31. The first-order valence-corrected chi connectivity index (χ1v) is 10.9. The summed E-state index contributed by atoms with van der Waals surface area (Å²) in [6.45, 7) is 5.23. The van der Waals surface area contributed by atoms with Gasteiger partial charge in [0.05, 0.1) is 4.90 Å². The molecule has 0 saturated carbocycles. The van der Waals surface area contributed by atoms with E-state index in [0.717, 1.165) is 16.5 Å². The van der Waals surface area contributed by atoms with E-state index in [2.05, 4.69) is 9.71 Å². The zero-order valence-electron chi connectivity index (χ0n) is 16.1. The molecule has 3 aromatic rings. The van der Waals surface area contributed by atoms with Gasteiger partial charge >= 0.3 is 0 Å². The Labute approximate surface area is 165 Å². The minimum absolute atomic E-state index is 0.101. The van der Waals surface area contributed by atoms with Crippen molar-refractivity contribution < 1.29 is 13.2 Å². The SMILES string of the molecule is CCN(CC)C(=O)c1cccc(S(=O)(=O)NCCc2c[nH]c3ccccc23)c1. The van der Waals surface area contributed by atoms with Crippen LogP contribution in [-0.2, 0) is 16.4 Å². The molecule has 0 aliphatic rings. The van der Waals surface area contributed by atoms with E-state index in [0.29, 0.717) is 25.1 Å². The third-order valence-corrected chi connectivity index (χ3v) is 6.26. The Balaban J connectivity index is 1.71. The smallest absolute Gasteiger partial charge is 0.253 e. The number of H-pyrrole nitrogens is 1. The second kappa shape index (κ2) is 8.58. The molecule has 0 atom stereocenters. The molecule has 6 nitrogen and oxygen atoms in total. The molecule has 1 aromatic heterocycles. The van der Waals surface area contributed by atoms with E-state index in [1.54, 1.807) is 17.0 Å². The Morgan fingerprint density at radius 3 is 2.57 bits per heavy atom. The molecule has 28 heavy (non-hydrogen) atoms. The Morgan fingerprint density at radius 1 is 1.07 bits per heavy atom. The van der Waals surface area contributed by atoms with Gasteiger partial charge in [-0.1, -0.05) is 24.3 Å². The Bertz CT molecular complexity index is 1070. The van der Waals surface area contributed by atoms with Gasteiger partial charge in [-0.2, -0.15) is 0 Å². The van der Waals surface area contributed by atoms with Crippen LogP contribution in [0.25, 0.3) is 10.9 Å². The summed E-state index contributed by atoms with van der Waals surface area (Å²) in [5.74, 6) is -0.166. The predicted molar refractivity (Wildman–Crippen MR) is 111 cm³/mol. The van der Waals surface area contributed by atoms with Gasteiger partial charge in [-0.05, 0) is 50.1 Å². The zero-order valence-corrected chi connectivity index (χ0v) is 16.9. The lowest BCUT2D eigenvalue weighted by molar-refractivity contribution is 0.0772. The average molecular weight is 400 g/mol. The highest BCUT2D eigenvalue weighted by Crippen LogP contribution is 2.18. The number of carbonyl (C=O) groups is 1. The maximum Gasteiger partial charge on any atom is 0.253 e. The van der Waals surface area contributed by atoms with Crippen LogP contribution in [0.4, 0.5) is 0 Å². The summed E-state index contributed by atoms with van der Waals surface area (Å²) in [7, 11) is -3.69. The van der Waals surface area contributed by atoms with E-state index < -0.39 is 10.0 Å². The quantitative estimate of drug-likeness (QED) is 0.610. The molecule has 1 amide bonds. The molecule has 0 spiro atoms. The Kier molecular flexibility index (Phi) is 6.16. The monoisotopic (exact) mass is 399 g/mol. The minimum Gasteiger partial charge on any atom is -0.361 e. The highest BCUT2D eigenvalue weighted by Gasteiger charge is 2.18. The summed E-state index contributed by atoms with van der Waals surface area (Å²) < 4.78 is 28.0. The van der Waals surface area contributed by atoms with Crippen LogP contribution >= 0.6 is 0 Å². The van der Waals surface area contributed by atoms with Crippen molar-refractivity contribution >= 4 is 26.8 Å². The van der Waals surface area contributed by atoms with Crippen molar-refractivity contribution in [3.8, 4) is 0 Å². The van der Waals surface area contributed by atoms with Crippen LogP contribution in [0.2, 0.25) is 0 Å². The summed E-state index contributed by atoms with van der Waals surface area (Å²) >= 11 is 0. The number of fused-ring (bicyclic) bond motifs is 1. The van der Waals surface area contributed by atoms with Gasteiger partial charge in [0.1, 0.15) is 0 Å². The lowest BCUT2D eigenvalue weighted by Gasteiger charge is -2.19. The van der Waals surface area contributed by atoms with Gasteiger partial charge in [0.2, 0.25) is 10.0 Å². The lowest BCUT2D eigenvalue weighted by atomic mass is 10.1. The second-order valence-electron chi connectivity index (χ2n) is 6.51. The first-order chi connectivity index (χ1) is 13.5. The minimum atomic E-state index is -3.69. The summed E-state index contributed by atoms with van der Waals surface area (Å²) in [6, 6.07) is 14.1. The van der Waals surface area contributed by atoms with Gasteiger partial charge in [-0.25, -0.2) is 13.1 Å². The number of hydrogen-bond donors (Lipinski definition) is 2. The maximum atomic E-state index is 12.7. The number of hydrogen-bond acceptors (Lipinski definition) is 3. The molecule has 3 rings (SSSR count). The molecule has 148 valence electrons. The standard InChI is InChI=1S/C21H25N3O3S/c1-3-24(4-2)21(25)16-8-7-9-18(14-16)28(26,27)23-13-12-17-15-22-20-11-6-5-10-19(17)20/h5-11,14-15,22-23H,3-4,12-13H2,1-2H3. The van der Waals surface area contributed by atoms with Crippen LogP contribution in [0.3, 0.4) is 0 Å². The van der Waals surface area contributed by atoms with Crippen molar-refractivity contribution in [2.45, 2.75) is 25.2 Å². The van der Waals surface area contributed by atoms with E-state index >= 15 is 0 Å². The average Bonchev–Trinajstić information content (AvgIpc) is 3.12. The van der Waals surface area contributed by atoms with Gasteiger partial charge in [-0.15, -0.1) is 0 Å².